The lowest BCUT2D eigenvalue weighted by Gasteiger charge is -2.30. The maximum atomic E-state index is 5.97. The van der Waals surface area contributed by atoms with Crippen LogP contribution in [-0.4, -0.2) is 26.6 Å². The van der Waals surface area contributed by atoms with Crippen molar-refractivity contribution in [3.63, 3.8) is 0 Å². The predicted molar refractivity (Wildman–Crippen MR) is 81.1 cm³/mol. The normalized spacial score (nSPS) is 33.4. The molecule has 0 saturated heterocycles. The molecule has 1 heterocycles. The average molecular weight is 267 g/mol. The minimum atomic E-state index is -1.08. The molecule has 1 aliphatic carbocycles. The molecule has 1 saturated carbocycles. The Morgan fingerprint density at radius 1 is 1.17 bits per heavy atom. The molecule has 1 fully saturated rings. The lowest BCUT2D eigenvalue weighted by Crippen LogP contribution is -2.33. The van der Waals surface area contributed by atoms with E-state index in [9.17, 15) is 0 Å². The summed E-state index contributed by atoms with van der Waals surface area (Å²) >= 11 is 0. The molecule has 0 N–H and O–H groups in total. The zero-order chi connectivity index (χ0) is 13.6. The maximum Gasteiger partial charge on any atom is 0.186 e. The molecule has 0 radical (unpaired) electrons. The summed E-state index contributed by atoms with van der Waals surface area (Å²) in [6.45, 7) is 15.1. The van der Waals surface area contributed by atoms with E-state index >= 15 is 0 Å². The second kappa shape index (κ2) is 4.66. The largest absolute Gasteiger partial charge is 0.478 e. The van der Waals surface area contributed by atoms with Crippen LogP contribution in [-0.2, 0) is 4.74 Å². The van der Waals surface area contributed by atoms with Gasteiger partial charge in [-0.05, 0) is 17.4 Å². The average Bonchev–Trinajstić information content (AvgIpc) is 2.84. The van der Waals surface area contributed by atoms with Crippen molar-refractivity contribution in [1.29, 1.82) is 0 Å². The van der Waals surface area contributed by atoms with E-state index < -0.39 is 8.07 Å². The quantitative estimate of drug-likeness (QED) is 0.682. The highest BCUT2D eigenvalue weighted by Gasteiger charge is 2.43. The molecule has 2 rings (SSSR count). The Balaban J connectivity index is 2.13. The standard InChI is InChI=1S/C15H29NOSi/c1-15(2,3)13-10-17-14(16-13)11-8-7-9-12(11)18(4,5)6/h11-13H,7-10H2,1-6H3/t11?,12?,13-/m1/s1. The first kappa shape index (κ1) is 14.1. The van der Waals surface area contributed by atoms with Crippen molar-refractivity contribution in [3.8, 4) is 0 Å². The van der Waals surface area contributed by atoms with Crippen LogP contribution in [0.15, 0.2) is 4.99 Å². The summed E-state index contributed by atoms with van der Waals surface area (Å²) < 4.78 is 5.97. The van der Waals surface area contributed by atoms with Crippen molar-refractivity contribution in [3.05, 3.63) is 0 Å². The SMILES string of the molecule is CC(C)(C)[C@H]1COC(C2CCCC2[Si](C)(C)C)=N1. The highest BCUT2D eigenvalue weighted by atomic mass is 28.3. The molecule has 1 aliphatic heterocycles. The monoisotopic (exact) mass is 267 g/mol. The molecule has 3 heteroatoms. The summed E-state index contributed by atoms with van der Waals surface area (Å²) in [4.78, 5) is 4.92. The number of hydrogen-bond acceptors (Lipinski definition) is 2. The second-order valence-corrected chi connectivity index (χ2v) is 13.6. The van der Waals surface area contributed by atoms with Crippen LogP contribution in [0.1, 0.15) is 40.0 Å². The third-order valence-electron chi connectivity index (χ3n) is 4.62. The van der Waals surface area contributed by atoms with E-state index in [0.717, 1.165) is 18.0 Å². The zero-order valence-electron chi connectivity index (χ0n) is 12.9. The molecule has 0 aromatic carbocycles. The Hall–Kier alpha value is -0.313. The van der Waals surface area contributed by atoms with Gasteiger partial charge in [-0.25, -0.2) is 4.99 Å². The van der Waals surface area contributed by atoms with Crippen molar-refractivity contribution in [2.24, 2.45) is 16.3 Å². The molecule has 0 amide bonds. The molecule has 104 valence electrons. The van der Waals surface area contributed by atoms with E-state index in [1.165, 1.54) is 19.3 Å². The summed E-state index contributed by atoms with van der Waals surface area (Å²) in [7, 11) is -1.08. The zero-order valence-corrected chi connectivity index (χ0v) is 13.9. The molecular weight excluding hydrogens is 238 g/mol. The molecule has 2 nitrogen and oxygen atoms in total. The highest BCUT2D eigenvalue weighted by Crippen LogP contribution is 2.45. The molecule has 3 atom stereocenters. The Morgan fingerprint density at radius 2 is 1.83 bits per heavy atom. The third-order valence-corrected chi connectivity index (χ3v) is 7.53. The fraction of sp³-hybridized carbons (Fsp3) is 0.933. The fourth-order valence-corrected chi connectivity index (χ4v) is 5.92. The molecule has 18 heavy (non-hydrogen) atoms. The van der Waals surface area contributed by atoms with E-state index in [4.69, 9.17) is 9.73 Å². The van der Waals surface area contributed by atoms with Gasteiger partial charge in [0.1, 0.15) is 6.61 Å². The molecule has 0 bridgehead atoms. The first-order valence-electron chi connectivity index (χ1n) is 7.40. The first-order valence-corrected chi connectivity index (χ1v) is 11.0. The van der Waals surface area contributed by atoms with Gasteiger partial charge in [-0.2, -0.15) is 0 Å². The van der Waals surface area contributed by atoms with Gasteiger partial charge in [-0.1, -0.05) is 53.3 Å². The Kier molecular flexibility index (Phi) is 3.65. The van der Waals surface area contributed by atoms with Crippen molar-refractivity contribution in [2.45, 2.75) is 71.3 Å². The summed E-state index contributed by atoms with van der Waals surface area (Å²) in [5, 5.41) is 0. The number of ether oxygens (including phenoxy) is 1. The van der Waals surface area contributed by atoms with E-state index in [1.54, 1.807) is 0 Å². The summed E-state index contributed by atoms with van der Waals surface area (Å²) in [5.74, 6) is 1.73. The van der Waals surface area contributed by atoms with Gasteiger partial charge in [0, 0.05) is 14.0 Å². The molecule has 0 aromatic heterocycles. The van der Waals surface area contributed by atoms with Gasteiger partial charge in [-0.15, -0.1) is 0 Å². The van der Waals surface area contributed by atoms with Gasteiger partial charge < -0.3 is 4.74 Å². The molecule has 2 unspecified atom stereocenters. The Bertz CT molecular complexity index is 337. The molecular formula is C15H29NOSi. The predicted octanol–water partition coefficient (Wildman–Crippen LogP) is 4.34. The van der Waals surface area contributed by atoms with Gasteiger partial charge in [0.25, 0.3) is 0 Å². The third kappa shape index (κ3) is 2.81. The van der Waals surface area contributed by atoms with Crippen molar-refractivity contribution in [1.82, 2.24) is 0 Å². The van der Waals surface area contributed by atoms with E-state index in [0.29, 0.717) is 12.0 Å². The van der Waals surface area contributed by atoms with E-state index in [-0.39, 0.29) is 5.41 Å². The number of aliphatic imine (C=N–C) groups is 1. The number of rotatable bonds is 2. The van der Waals surface area contributed by atoms with E-state index in [1.807, 2.05) is 0 Å². The lowest BCUT2D eigenvalue weighted by atomic mass is 9.88. The highest BCUT2D eigenvalue weighted by molar-refractivity contribution is 6.77. The summed E-state index contributed by atoms with van der Waals surface area (Å²) in [6.07, 6.45) is 4.05. The molecule has 0 aromatic rings. The second-order valence-electron chi connectivity index (χ2n) is 8.17. The topological polar surface area (TPSA) is 21.6 Å². The first-order chi connectivity index (χ1) is 8.19. The number of hydrogen-bond donors (Lipinski definition) is 0. The summed E-state index contributed by atoms with van der Waals surface area (Å²) in [6, 6.07) is 0.357. The van der Waals surface area contributed by atoms with Crippen LogP contribution < -0.4 is 0 Å². The van der Waals surface area contributed by atoms with Crippen LogP contribution in [0.25, 0.3) is 0 Å². The number of nitrogens with zero attached hydrogens (tertiary/aromatic N) is 1. The van der Waals surface area contributed by atoms with Crippen LogP contribution in [0.5, 0.6) is 0 Å². The Labute approximate surface area is 113 Å². The van der Waals surface area contributed by atoms with Crippen LogP contribution >= 0.6 is 0 Å². The maximum absolute atomic E-state index is 5.97. The van der Waals surface area contributed by atoms with Gasteiger partial charge >= 0.3 is 0 Å². The van der Waals surface area contributed by atoms with Gasteiger partial charge in [0.15, 0.2) is 5.90 Å². The summed E-state index contributed by atoms with van der Waals surface area (Å²) in [5.41, 5.74) is 1.10. The minimum Gasteiger partial charge on any atom is -0.478 e. The lowest BCUT2D eigenvalue weighted by molar-refractivity contribution is 0.228. The van der Waals surface area contributed by atoms with Gasteiger partial charge in [0.05, 0.1) is 6.04 Å². The minimum absolute atomic E-state index is 0.231. The van der Waals surface area contributed by atoms with E-state index in [2.05, 4.69) is 40.4 Å². The van der Waals surface area contributed by atoms with Crippen molar-refractivity contribution < 1.29 is 4.74 Å². The van der Waals surface area contributed by atoms with Crippen LogP contribution in [0.3, 0.4) is 0 Å². The van der Waals surface area contributed by atoms with Gasteiger partial charge in [0.2, 0.25) is 0 Å². The molecule has 2 aliphatic rings. The van der Waals surface area contributed by atoms with Crippen LogP contribution in [0, 0.1) is 11.3 Å². The van der Waals surface area contributed by atoms with Crippen LogP contribution in [0.2, 0.25) is 25.2 Å². The molecule has 0 spiro atoms. The smallest absolute Gasteiger partial charge is 0.186 e. The van der Waals surface area contributed by atoms with Gasteiger partial charge in [-0.3, -0.25) is 0 Å². The van der Waals surface area contributed by atoms with Crippen LogP contribution in [0.4, 0.5) is 0 Å². The van der Waals surface area contributed by atoms with Crippen molar-refractivity contribution >= 4 is 14.0 Å². The van der Waals surface area contributed by atoms with Crippen molar-refractivity contribution in [2.75, 3.05) is 6.61 Å². The fourth-order valence-electron chi connectivity index (χ4n) is 3.33. The Morgan fingerprint density at radius 3 is 2.33 bits per heavy atom.